The van der Waals surface area contributed by atoms with Crippen LogP contribution in [0.5, 0.6) is 0 Å². The first-order valence-electron chi connectivity index (χ1n) is 5.28. The molecule has 0 unspecified atom stereocenters. The van der Waals surface area contributed by atoms with E-state index in [0.717, 1.165) is 17.6 Å². The molecule has 1 nitrogen and oxygen atoms in total. The van der Waals surface area contributed by atoms with Gasteiger partial charge in [0.2, 0.25) is 0 Å². The smallest absolute Gasteiger partial charge is 0.0408 e. The zero-order valence-corrected chi connectivity index (χ0v) is 8.85. The molecule has 1 aromatic rings. The van der Waals surface area contributed by atoms with Crippen molar-refractivity contribution in [1.82, 2.24) is 5.32 Å². The Kier molecular flexibility index (Phi) is 1.86. The van der Waals surface area contributed by atoms with E-state index in [1.165, 1.54) is 24.8 Å². The van der Waals surface area contributed by atoms with Crippen LogP contribution in [0.2, 0.25) is 5.02 Å². The lowest BCUT2D eigenvalue weighted by atomic mass is 9.57. The third-order valence-electron chi connectivity index (χ3n) is 3.75. The normalized spacial score (nSPS) is 35.1. The van der Waals surface area contributed by atoms with E-state index in [1.54, 1.807) is 0 Å². The molecule has 0 aromatic heterocycles. The molecule has 0 spiro atoms. The number of hydrogen-bond donors (Lipinski definition) is 1. The Balaban J connectivity index is 1.95. The van der Waals surface area contributed by atoms with E-state index in [9.17, 15) is 0 Å². The second-order valence-corrected chi connectivity index (χ2v) is 5.04. The van der Waals surface area contributed by atoms with Crippen molar-refractivity contribution in [3.8, 4) is 0 Å². The van der Waals surface area contributed by atoms with Crippen LogP contribution < -0.4 is 5.32 Å². The highest BCUT2D eigenvalue weighted by molar-refractivity contribution is 6.30. The monoisotopic (exact) mass is 207 g/mol. The Morgan fingerprint density at radius 1 is 1.36 bits per heavy atom. The molecule has 1 aliphatic carbocycles. The quantitative estimate of drug-likeness (QED) is 0.747. The summed E-state index contributed by atoms with van der Waals surface area (Å²) in [6.45, 7) is 1.16. The minimum absolute atomic E-state index is 0.459. The van der Waals surface area contributed by atoms with Crippen molar-refractivity contribution < 1.29 is 0 Å². The van der Waals surface area contributed by atoms with E-state index in [2.05, 4.69) is 23.5 Å². The highest BCUT2D eigenvalue weighted by Gasteiger charge is 2.47. The van der Waals surface area contributed by atoms with Gasteiger partial charge in [0.1, 0.15) is 0 Å². The summed E-state index contributed by atoms with van der Waals surface area (Å²) in [7, 11) is 0. The first-order chi connectivity index (χ1) is 6.78. The maximum atomic E-state index is 6.03. The van der Waals surface area contributed by atoms with Crippen molar-refractivity contribution in [2.75, 3.05) is 6.54 Å². The van der Waals surface area contributed by atoms with Crippen LogP contribution in [0.4, 0.5) is 0 Å². The fourth-order valence-electron chi connectivity index (χ4n) is 2.95. The molecule has 3 aliphatic rings. The van der Waals surface area contributed by atoms with Crippen LogP contribution in [0.25, 0.3) is 0 Å². The van der Waals surface area contributed by atoms with E-state index in [1.807, 2.05) is 6.07 Å². The Bertz CT molecular complexity index is 350. The molecule has 2 aliphatic heterocycles. The fourth-order valence-corrected chi connectivity index (χ4v) is 3.14. The molecule has 1 saturated carbocycles. The number of rotatable bonds is 1. The summed E-state index contributed by atoms with van der Waals surface area (Å²) < 4.78 is 0. The summed E-state index contributed by atoms with van der Waals surface area (Å²) in [4.78, 5) is 0. The lowest BCUT2D eigenvalue weighted by Gasteiger charge is -2.53. The third-order valence-corrected chi connectivity index (χ3v) is 3.98. The van der Waals surface area contributed by atoms with Crippen molar-refractivity contribution in [2.45, 2.75) is 30.7 Å². The zero-order valence-electron chi connectivity index (χ0n) is 8.09. The van der Waals surface area contributed by atoms with Gasteiger partial charge in [-0.25, -0.2) is 0 Å². The molecule has 14 heavy (non-hydrogen) atoms. The summed E-state index contributed by atoms with van der Waals surface area (Å²) in [6, 6.07) is 9.17. The molecule has 4 rings (SSSR count). The fraction of sp³-hybridized carbons (Fsp3) is 0.500. The van der Waals surface area contributed by atoms with E-state index in [-0.39, 0.29) is 0 Å². The maximum Gasteiger partial charge on any atom is 0.0408 e. The van der Waals surface area contributed by atoms with Gasteiger partial charge in [-0.05, 0) is 48.9 Å². The van der Waals surface area contributed by atoms with Gasteiger partial charge in [0.15, 0.2) is 0 Å². The molecule has 74 valence electrons. The molecule has 2 heterocycles. The topological polar surface area (TPSA) is 12.0 Å². The molecule has 0 amide bonds. The summed E-state index contributed by atoms with van der Waals surface area (Å²) in [5.41, 5.74) is 1.91. The van der Waals surface area contributed by atoms with Crippen LogP contribution in [0.3, 0.4) is 0 Å². The zero-order chi connectivity index (χ0) is 9.60. The first-order valence-corrected chi connectivity index (χ1v) is 5.66. The Morgan fingerprint density at radius 2 is 2.21 bits per heavy atom. The largest absolute Gasteiger partial charge is 0.314 e. The lowest BCUT2D eigenvalue weighted by Crippen LogP contribution is -2.58. The average molecular weight is 208 g/mol. The standard InChI is InChI=1S/C12H14ClN/c13-10-3-1-2-9(6-10)12-4-5-14-11(7-12)8-12/h1-3,6,11,14H,4-5,7-8H2. The van der Waals surface area contributed by atoms with Crippen molar-refractivity contribution in [3.63, 3.8) is 0 Å². The number of fused-ring (bicyclic) bond motifs is 2. The van der Waals surface area contributed by atoms with Crippen molar-refractivity contribution in [1.29, 1.82) is 0 Å². The molecule has 1 N–H and O–H groups in total. The maximum absolute atomic E-state index is 6.03. The highest BCUT2D eigenvalue weighted by atomic mass is 35.5. The lowest BCUT2D eigenvalue weighted by molar-refractivity contribution is 0.111. The Labute approximate surface area is 89.5 Å². The summed E-state index contributed by atoms with van der Waals surface area (Å²) >= 11 is 6.03. The Morgan fingerprint density at radius 3 is 2.86 bits per heavy atom. The van der Waals surface area contributed by atoms with Gasteiger partial charge in [-0.3, -0.25) is 0 Å². The van der Waals surface area contributed by atoms with Crippen LogP contribution >= 0.6 is 11.6 Å². The van der Waals surface area contributed by atoms with E-state index in [4.69, 9.17) is 11.6 Å². The van der Waals surface area contributed by atoms with Crippen molar-refractivity contribution >= 4 is 11.6 Å². The second-order valence-electron chi connectivity index (χ2n) is 4.60. The van der Waals surface area contributed by atoms with Gasteiger partial charge in [0, 0.05) is 11.1 Å². The predicted octanol–water partition coefficient (Wildman–Crippen LogP) is 2.73. The Hall–Kier alpha value is -0.530. The molecular weight excluding hydrogens is 194 g/mol. The number of hydrogen-bond acceptors (Lipinski definition) is 1. The predicted molar refractivity (Wildman–Crippen MR) is 58.8 cm³/mol. The molecule has 0 atom stereocenters. The van der Waals surface area contributed by atoms with Crippen LogP contribution in [0, 0.1) is 0 Å². The summed E-state index contributed by atoms with van der Waals surface area (Å²) in [6.07, 6.45) is 3.87. The molecule has 2 bridgehead atoms. The van der Waals surface area contributed by atoms with Crippen LogP contribution in [0.1, 0.15) is 24.8 Å². The first kappa shape index (κ1) is 8.75. The summed E-state index contributed by atoms with van der Waals surface area (Å²) in [5.74, 6) is 0. The van der Waals surface area contributed by atoms with Gasteiger partial charge in [0.05, 0.1) is 0 Å². The summed E-state index contributed by atoms with van der Waals surface area (Å²) in [5, 5.41) is 4.40. The van der Waals surface area contributed by atoms with E-state index in [0.29, 0.717) is 5.41 Å². The molecular formula is C12H14ClN. The van der Waals surface area contributed by atoms with Gasteiger partial charge >= 0.3 is 0 Å². The molecule has 0 radical (unpaired) electrons. The van der Waals surface area contributed by atoms with Crippen LogP contribution in [-0.2, 0) is 5.41 Å². The second kappa shape index (κ2) is 2.98. The molecule has 3 fully saturated rings. The third kappa shape index (κ3) is 1.19. The van der Waals surface area contributed by atoms with Gasteiger partial charge in [0.25, 0.3) is 0 Å². The van der Waals surface area contributed by atoms with Gasteiger partial charge < -0.3 is 5.32 Å². The number of benzene rings is 1. The average Bonchev–Trinajstić information content (AvgIpc) is 2.17. The minimum atomic E-state index is 0.459. The van der Waals surface area contributed by atoms with Crippen LogP contribution in [-0.4, -0.2) is 12.6 Å². The van der Waals surface area contributed by atoms with Crippen molar-refractivity contribution in [2.24, 2.45) is 0 Å². The SMILES string of the molecule is Clc1cccc(C23CCNC(C2)C3)c1. The minimum Gasteiger partial charge on any atom is -0.314 e. The molecule has 1 aromatic carbocycles. The molecule has 2 saturated heterocycles. The van der Waals surface area contributed by atoms with Gasteiger partial charge in [-0.15, -0.1) is 0 Å². The number of piperidine rings is 2. The van der Waals surface area contributed by atoms with Gasteiger partial charge in [-0.1, -0.05) is 23.7 Å². The van der Waals surface area contributed by atoms with E-state index >= 15 is 0 Å². The van der Waals surface area contributed by atoms with Gasteiger partial charge in [-0.2, -0.15) is 0 Å². The number of nitrogens with one attached hydrogen (secondary N) is 1. The molecule has 2 heteroatoms. The highest BCUT2D eigenvalue weighted by Crippen LogP contribution is 2.49. The van der Waals surface area contributed by atoms with Crippen molar-refractivity contribution in [3.05, 3.63) is 34.9 Å². The van der Waals surface area contributed by atoms with E-state index < -0.39 is 0 Å². The number of halogens is 1. The van der Waals surface area contributed by atoms with Crippen LogP contribution in [0.15, 0.2) is 24.3 Å².